The average molecular weight is 325 g/mol. The van der Waals surface area contributed by atoms with Crippen molar-refractivity contribution in [1.29, 1.82) is 0 Å². The summed E-state index contributed by atoms with van der Waals surface area (Å²) in [5.74, 6) is 0. The maximum absolute atomic E-state index is 12.1. The highest BCUT2D eigenvalue weighted by Gasteiger charge is 2.09. The molecule has 0 spiro atoms. The van der Waals surface area contributed by atoms with E-state index in [2.05, 4.69) is 39.4 Å². The molecule has 2 amide bonds. The van der Waals surface area contributed by atoms with E-state index < -0.39 is 0 Å². The van der Waals surface area contributed by atoms with E-state index in [4.69, 9.17) is 0 Å². The van der Waals surface area contributed by atoms with Crippen LogP contribution in [0.4, 0.5) is 4.79 Å². The van der Waals surface area contributed by atoms with E-state index in [0.717, 1.165) is 18.5 Å². The monoisotopic (exact) mass is 325 g/mol. The number of para-hydroxylation sites is 1. The Hall–Kier alpha value is -2.76. The van der Waals surface area contributed by atoms with E-state index in [1.807, 2.05) is 25.4 Å². The van der Waals surface area contributed by atoms with E-state index in [9.17, 15) is 4.79 Å². The second-order valence-electron chi connectivity index (χ2n) is 6.03. The SMILES string of the molecule is CN(Cc1cnn(C)c1)C(=O)NCCCn1ccc2ccccc21. The minimum atomic E-state index is -0.0591. The van der Waals surface area contributed by atoms with Crippen LogP contribution in [0.15, 0.2) is 48.9 Å². The van der Waals surface area contributed by atoms with Crippen molar-refractivity contribution in [2.24, 2.45) is 7.05 Å². The predicted octanol–water partition coefficient (Wildman–Crippen LogP) is 2.61. The molecular weight excluding hydrogens is 302 g/mol. The van der Waals surface area contributed by atoms with E-state index in [1.54, 1.807) is 22.8 Å². The minimum absolute atomic E-state index is 0.0591. The van der Waals surface area contributed by atoms with Crippen LogP contribution in [0.1, 0.15) is 12.0 Å². The Balaban J connectivity index is 1.43. The summed E-state index contributed by atoms with van der Waals surface area (Å²) in [7, 11) is 3.66. The van der Waals surface area contributed by atoms with Gasteiger partial charge in [0.05, 0.1) is 12.7 Å². The van der Waals surface area contributed by atoms with E-state index in [1.165, 1.54) is 10.9 Å². The van der Waals surface area contributed by atoms with Crippen LogP contribution in [0.25, 0.3) is 10.9 Å². The van der Waals surface area contributed by atoms with Crippen LogP contribution < -0.4 is 5.32 Å². The summed E-state index contributed by atoms with van der Waals surface area (Å²) in [4.78, 5) is 13.8. The third-order valence-corrected chi connectivity index (χ3v) is 4.06. The summed E-state index contributed by atoms with van der Waals surface area (Å²) in [6.45, 7) is 2.10. The van der Waals surface area contributed by atoms with Crippen molar-refractivity contribution in [3.63, 3.8) is 0 Å². The molecule has 0 fully saturated rings. The molecule has 6 heteroatoms. The lowest BCUT2D eigenvalue weighted by atomic mass is 10.2. The molecule has 126 valence electrons. The number of hydrogen-bond acceptors (Lipinski definition) is 2. The quantitative estimate of drug-likeness (QED) is 0.708. The first-order chi connectivity index (χ1) is 11.6. The van der Waals surface area contributed by atoms with Crippen LogP contribution in [0.5, 0.6) is 0 Å². The molecule has 0 radical (unpaired) electrons. The second kappa shape index (κ2) is 7.21. The van der Waals surface area contributed by atoms with Gasteiger partial charge in [-0.25, -0.2) is 4.79 Å². The third-order valence-electron chi connectivity index (χ3n) is 4.06. The number of amides is 2. The van der Waals surface area contributed by atoms with Gasteiger partial charge in [-0.1, -0.05) is 18.2 Å². The van der Waals surface area contributed by atoms with Gasteiger partial charge in [0.25, 0.3) is 0 Å². The highest BCUT2D eigenvalue weighted by molar-refractivity contribution is 5.79. The van der Waals surface area contributed by atoms with Crippen molar-refractivity contribution in [3.05, 3.63) is 54.5 Å². The molecule has 0 aliphatic heterocycles. The van der Waals surface area contributed by atoms with Crippen molar-refractivity contribution >= 4 is 16.9 Å². The van der Waals surface area contributed by atoms with Gasteiger partial charge in [-0.3, -0.25) is 4.68 Å². The molecule has 0 aliphatic rings. The average Bonchev–Trinajstić information content (AvgIpc) is 3.17. The van der Waals surface area contributed by atoms with Gasteiger partial charge >= 0.3 is 6.03 Å². The zero-order valence-corrected chi connectivity index (χ0v) is 14.1. The molecule has 2 aromatic heterocycles. The third kappa shape index (κ3) is 3.76. The highest BCUT2D eigenvalue weighted by atomic mass is 16.2. The molecule has 24 heavy (non-hydrogen) atoms. The fourth-order valence-corrected chi connectivity index (χ4v) is 2.81. The number of carbonyl (C=O) groups excluding carboxylic acids is 1. The van der Waals surface area contributed by atoms with Crippen LogP contribution in [-0.4, -0.2) is 38.9 Å². The molecule has 1 N–H and O–H groups in total. The zero-order valence-electron chi connectivity index (χ0n) is 14.1. The van der Waals surface area contributed by atoms with Crippen molar-refractivity contribution in [3.8, 4) is 0 Å². The Kier molecular flexibility index (Phi) is 4.84. The first-order valence-corrected chi connectivity index (χ1v) is 8.14. The first kappa shape index (κ1) is 16.1. The summed E-state index contributed by atoms with van der Waals surface area (Å²) in [6.07, 6.45) is 6.69. The summed E-state index contributed by atoms with van der Waals surface area (Å²) in [5, 5.41) is 8.33. The van der Waals surface area contributed by atoms with E-state index in [-0.39, 0.29) is 6.03 Å². The fraction of sp³-hybridized carbons (Fsp3) is 0.333. The highest BCUT2D eigenvalue weighted by Crippen LogP contribution is 2.15. The number of nitrogens with one attached hydrogen (secondary N) is 1. The molecule has 0 saturated carbocycles. The molecule has 0 bridgehead atoms. The summed E-state index contributed by atoms with van der Waals surface area (Å²) in [5.41, 5.74) is 2.26. The minimum Gasteiger partial charge on any atom is -0.347 e. The number of benzene rings is 1. The van der Waals surface area contributed by atoms with Gasteiger partial charge in [0, 0.05) is 50.7 Å². The predicted molar refractivity (Wildman–Crippen MR) is 94.6 cm³/mol. The molecule has 6 nitrogen and oxygen atoms in total. The zero-order chi connectivity index (χ0) is 16.9. The Labute approximate surface area is 141 Å². The van der Waals surface area contributed by atoms with Crippen molar-refractivity contribution < 1.29 is 4.79 Å². The number of aromatic nitrogens is 3. The summed E-state index contributed by atoms with van der Waals surface area (Å²) >= 11 is 0. The Morgan fingerprint density at radius 1 is 1.29 bits per heavy atom. The van der Waals surface area contributed by atoms with E-state index >= 15 is 0 Å². The van der Waals surface area contributed by atoms with Crippen molar-refractivity contribution in [2.45, 2.75) is 19.5 Å². The molecule has 1 aromatic carbocycles. The maximum Gasteiger partial charge on any atom is 0.317 e. The molecule has 0 aliphatic carbocycles. The van der Waals surface area contributed by atoms with Gasteiger partial charge in [-0.2, -0.15) is 5.10 Å². The maximum atomic E-state index is 12.1. The molecular formula is C18H23N5O. The Bertz CT molecular complexity index is 820. The van der Waals surface area contributed by atoms with Crippen LogP contribution in [0, 0.1) is 0 Å². The van der Waals surface area contributed by atoms with Gasteiger partial charge in [-0.05, 0) is 23.9 Å². The van der Waals surface area contributed by atoms with Crippen LogP contribution in [0.3, 0.4) is 0 Å². The Morgan fingerprint density at radius 2 is 2.12 bits per heavy atom. The molecule has 0 saturated heterocycles. The van der Waals surface area contributed by atoms with Crippen molar-refractivity contribution in [1.82, 2.24) is 24.6 Å². The Morgan fingerprint density at radius 3 is 2.92 bits per heavy atom. The molecule has 0 atom stereocenters. The normalized spacial score (nSPS) is 10.9. The lowest BCUT2D eigenvalue weighted by Crippen LogP contribution is -2.37. The number of urea groups is 1. The van der Waals surface area contributed by atoms with Gasteiger partial charge in [0.1, 0.15) is 0 Å². The van der Waals surface area contributed by atoms with Crippen molar-refractivity contribution in [2.75, 3.05) is 13.6 Å². The van der Waals surface area contributed by atoms with Crippen LogP contribution in [0.2, 0.25) is 0 Å². The van der Waals surface area contributed by atoms with Crippen LogP contribution in [-0.2, 0) is 20.1 Å². The standard InChI is InChI=1S/C18H23N5O/c1-21(13-15-12-20-22(2)14-15)18(24)19-9-5-10-23-11-8-16-6-3-4-7-17(16)23/h3-4,6-8,11-12,14H,5,9-10,13H2,1-2H3,(H,19,24). The molecule has 2 heterocycles. The fourth-order valence-electron chi connectivity index (χ4n) is 2.81. The lowest BCUT2D eigenvalue weighted by Gasteiger charge is -2.17. The number of nitrogens with zero attached hydrogens (tertiary/aromatic N) is 4. The first-order valence-electron chi connectivity index (χ1n) is 8.14. The number of carbonyl (C=O) groups is 1. The number of hydrogen-bond donors (Lipinski definition) is 1. The lowest BCUT2D eigenvalue weighted by molar-refractivity contribution is 0.206. The summed E-state index contributed by atoms with van der Waals surface area (Å²) in [6, 6.07) is 10.4. The van der Waals surface area contributed by atoms with Crippen LogP contribution >= 0.6 is 0 Å². The molecule has 0 unspecified atom stereocenters. The number of fused-ring (bicyclic) bond motifs is 1. The smallest absolute Gasteiger partial charge is 0.317 e. The van der Waals surface area contributed by atoms with Gasteiger partial charge in [0.2, 0.25) is 0 Å². The van der Waals surface area contributed by atoms with Gasteiger partial charge in [0.15, 0.2) is 0 Å². The van der Waals surface area contributed by atoms with E-state index in [0.29, 0.717) is 13.1 Å². The topological polar surface area (TPSA) is 55.1 Å². The number of rotatable bonds is 6. The summed E-state index contributed by atoms with van der Waals surface area (Å²) < 4.78 is 3.96. The van der Waals surface area contributed by atoms with Gasteiger partial charge in [-0.15, -0.1) is 0 Å². The molecule has 3 rings (SSSR count). The molecule has 3 aromatic rings. The second-order valence-corrected chi connectivity index (χ2v) is 6.03. The van der Waals surface area contributed by atoms with Gasteiger partial charge < -0.3 is 14.8 Å². The largest absolute Gasteiger partial charge is 0.347 e. The number of aryl methyl sites for hydroxylation is 2.